The summed E-state index contributed by atoms with van der Waals surface area (Å²) in [6.07, 6.45) is 1.11. The first kappa shape index (κ1) is 20.7. The predicted octanol–water partition coefficient (Wildman–Crippen LogP) is 3.49. The lowest BCUT2D eigenvalue weighted by Crippen LogP contribution is -2.48. The van der Waals surface area contributed by atoms with E-state index in [-0.39, 0.29) is 19.1 Å². The van der Waals surface area contributed by atoms with Crippen molar-refractivity contribution >= 4 is 31.8 Å². The number of hydrogen-bond donors (Lipinski definition) is 1. The number of benzene rings is 2. The molecule has 3 aromatic rings. The average Bonchev–Trinajstić information content (AvgIpc) is 2.84. The number of fused-ring (bicyclic) bond motifs is 3. The SMILES string of the molecule is CC(C)N(CC(C)(O)Cn1c2ccc(F)cc2c2cc(F)ccc21)S(C)(=O)=O. The Balaban J connectivity index is 2.10. The van der Waals surface area contributed by atoms with Gasteiger partial charge in [0, 0.05) is 34.4 Å². The molecule has 1 heterocycles. The van der Waals surface area contributed by atoms with Crippen molar-refractivity contribution in [1.29, 1.82) is 0 Å². The van der Waals surface area contributed by atoms with Crippen LogP contribution in [0.25, 0.3) is 21.8 Å². The first-order valence-electron chi connectivity index (χ1n) is 8.95. The molecule has 1 aromatic heterocycles. The van der Waals surface area contributed by atoms with E-state index >= 15 is 0 Å². The fourth-order valence-electron chi connectivity index (χ4n) is 3.63. The van der Waals surface area contributed by atoms with Gasteiger partial charge in [0.1, 0.15) is 11.6 Å². The zero-order valence-electron chi connectivity index (χ0n) is 16.3. The molecule has 0 spiro atoms. The van der Waals surface area contributed by atoms with Crippen LogP contribution in [0.15, 0.2) is 36.4 Å². The van der Waals surface area contributed by atoms with E-state index < -0.39 is 27.3 Å². The predicted molar refractivity (Wildman–Crippen MR) is 107 cm³/mol. The second kappa shape index (κ2) is 7.09. The van der Waals surface area contributed by atoms with Crippen LogP contribution in [0.5, 0.6) is 0 Å². The van der Waals surface area contributed by atoms with Crippen LogP contribution in [0.4, 0.5) is 8.78 Å². The van der Waals surface area contributed by atoms with Gasteiger partial charge in [-0.2, -0.15) is 4.31 Å². The van der Waals surface area contributed by atoms with Crippen molar-refractivity contribution in [1.82, 2.24) is 8.87 Å². The molecule has 0 saturated heterocycles. The largest absolute Gasteiger partial charge is 0.387 e. The number of rotatable bonds is 6. The first-order chi connectivity index (χ1) is 12.9. The normalized spacial score (nSPS) is 15.0. The molecule has 0 aliphatic carbocycles. The van der Waals surface area contributed by atoms with Crippen molar-refractivity contribution < 1.29 is 22.3 Å². The Morgan fingerprint density at radius 1 is 1.07 bits per heavy atom. The molecule has 0 fully saturated rings. The number of hydrogen-bond acceptors (Lipinski definition) is 3. The minimum absolute atomic E-state index is 0.0585. The molecule has 0 aliphatic heterocycles. The second-order valence-electron chi connectivity index (χ2n) is 7.81. The van der Waals surface area contributed by atoms with E-state index in [9.17, 15) is 22.3 Å². The topological polar surface area (TPSA) is 62.5 Å². The molecule has 28 heavy (non-hydrogen) atoms. The van der Waals surface area contributed by atoms with E-state index in [1.165, 1.54) is 28.6 Å². The lowest BCUT2D eigenvalue weighted by molar-refractivity contribution is 0.0214. The summed E-state index contributed by atoms with van der Waals surface area (Å²) < 4.78 is 54.7. The van der Waals surface area contributed by atoms with E-state index in [0.717, 1.165) is 6.26 Å². The Kier molecular flexibility index (Phi) is 5.24. The molecule has 0 amide bonds. The smallest absolute Gasteiger partial charge is 0.211 e. The molecule has 1 atom stereocenters. The van der Waals surface area contributed by atoms with Crippen LogP contribution in [0, 0.1) is 11.6 Å². The Morgan fingerprint density at radius 3 is 1.93 bits per heavy atom. The lowest BCUT2D eigenvalue weighted by Gasteiger charge is -2.33. The first-order valence-corrected chi connectivity index (χ1v) is 10.8. The van der Waals surface area contributed by atoms with Gasteiger partial charge < -0.3 is 9.67 Å². The van der Waals surface area contributed by atoms with Gasteiger partial charge in [-0.3, -0.25) is 0 Å². The van der Waals surface area contributed by atoms with E-state index in [2.05, 4.69) is 0 Å². The number of halogens is 2. The van der Waals surface area contributed by atoms with Gasteiger partial charge in [-0.05, 0) is 57.2 Å². The molecule has 0 radical (unpaired) electrons. The van der Waals surface area contributed by atoms with Gasteiger partial charge in [0.2, 0.25) is 10.0 Å². The number of aliphatic hydroxyl groups is 1. The van der Waals surface area contributed by atoms with Gasteiger partial charge in [-0.25, -0.2) is 17.2 Å². The zero-order valence-corrected chi connectivity index (χ0v) is 17.1. The monoisotopic (exact) mass is 410 g/mol. The maximum absolute atomic E-state index is 13.8. The van der Waals surface area contributed by atoms with Crippen molar-refractivity contribution in [2.45, 2.75) is 39.0 Å². The minimum Gasteiger partial charge on any atom is -0.387 e. The summed E-state index contributed by atoms with van der Waals surface area (Å²) in [6, 6.07) is 8.12. The third kappa shape index (κ3) is 4.04. The fourth-order valence-corrected chi connectivity index (χ4v) is 4.91. The van der Waals surface area contributed by atoms with Crippen LogP contribution >= 0.6 is 0 Å². The Morgan fingerprint density at radius 2 is 1.54 bits per heavy atom. The molecular formula is C20H24F2N2O3S. The van der Waals surface area contributed by atoms with Crippen LogP contribution in [0.1, 0.15) is 20.8 Å². The van der Waals surface area contributed by atoms with Crippen molar-refractivity contribution in [3.8, 4) is 0 Å². The van der Waals surface area contributed by atoms with E-state index in [1.807, 2.05) is 0 Å². The van der Waals surface area contributed by atoms with Crippen LogP contribution in [0.2, 0.25) is 0 Å². The number of nitrogens with zero attached hydrogens (tertiary/aromatic N) is 2. The maximum atomic E-state index is 13.8. The summed E-state index contributed by atoms with van der Waals surface area (Å²) in [5.74, 6) is -0.878. The molecule has 0 bridgehead atoms. The Hall–Kier alpha value is -2.03. The molecule has 3 rings (SSSR count). The molecular weight excluding hydrogens is 386 g/mol. The summed E-state index contributed by atoms with van der Waals surface area (Å²) in [5, 5.41) is 12.1. The number of sulfonamides is 1. The summed E-state index contributed by atoms with van der Waals surface area (Å²) in [6.45, 7) is 4.99. The third-order valence-corrected chi connectivity index (χ3v) is 6.19. The Bertz CT molecular complexity index is 1080. The summed E-state index contributed by atoms with van der Waals surface area (Å²) in [4.78, 5) is 0. The van der Waals surface area contributed by atoms with E-state index in [0.29, 0.717) is 21.8 Å². The molecule has 1 N–H and O–H groups in total. The van der Waals surface area contributed by atoms with Crippen LogP contribution in [-0.2, 0) is 16.6 Å². The molecule has 0 aliphatic rings. The maximum Gasteiger partial charge on any atom is 0.211 e. The van der Waals surface area contributed by atoms with Crippen molar-refractivity contribution in [3.05, 3.63) is 48.0 Å². The molecule has 1 unspecified atom stereocenters. The van der Waals surface area contributed by atoms with Gasteiger partial charge in [-0.1, -0.05) is 0 Å². The van der Waals surface area contributed by atoms with Crippen LogP contribution in [-0.4, -0.2) is 46.8 Å². The highest BCUT2D eigenvalue weighted by atomic mass is 32.2. The van der Waals surface area contributed by atoms with Crippen LogP contribution < -0.4 is 0 Å². The standard InChI is InChI=1S/C20H24F2N2O3S/c1-13(2)24(28(4,26)27)12-20(3,25)11-23-18-7-5-14(21)9-16(18)17-10-15(22)6-8-19(17)23/h5-10,13,25H,11-12H2,1-4H3. The lowest BCUT2D eigenvalue weighted by atomic mass is 10.1. The zero-order chi connectivity index (χ0) is 20.9. The molecule has 152 valence electrons. The quantitative estimate of drug-likeness (QED) is 0.677. The van der Waals surface area contributed by atoms with Gasteiger partial charge in [0.05, 0.1) is 18.4 Å². The highest BCUT2D eigenvalue weighted by molar-refractivity contribution is 7.88. The highest BCUT2D eigenvalue weighted by Gasteiger charge is 2.32. The molecule has 5 nitrogen and oxygen atoms in total. The summed E-state index contributed by atoms with van der Waals surface area (Å²) >= 11 is 0. The molecule has 2 aromatic carbocycles. The van der Waals surface area contributed by atoms with Gasteiger partial charge in [0.25, 0.3) is 0 Å². The van der Waals surface area contributed by atoms with Crippen LogP contribution in [0.3, 0.4) is 0 Å². The third-order valence-electron chi connectivity index (χ3n) is 4.79. The van der Waals surface area contributed by atoms with Crippen molar-refractivity contribution in [3.63, 3.8) is 0 Å². The van der Waals surface area contributed by atoms with Gasteiger partial charge >= 0.3 is 0 Å². The summed E-state index contributed by atoms with van der Waals surface area (Å²) in [5.41, 5.74) is -0.134. The second-order valence-corrected chi connectivity index (χ2v) is 9.74. The Labute approximate surface area is 163 Å². The molecule has 8 heteroatoms. The van der Waals surface area contributed by atoms with Crippen molar-refractivity contribution in [2.75, 3.05) is 12.8 Å². The summed E-state index contributed by atoms with van der Waals surface area (Å²) in [7, 11) is -3.51. The molecule has 0 saturated carbocycles. The fraction of sp³-hybridized carbons (Fsp3) is 0.400. The average molecular weight is 410 g/mol. The van der Waals surface area contributed by atoms with E-state index in [4.69, 9.17) is 0 Å². The highest BCUT2D eigenvalue weighted by Crippen LogP contribution is 2.31. The number of aromatic nitrogens is 1. The van der Waals surface area contributed by atoms with Crippen molar-refractivity contribution in [2.24, 2.45) is 0 Å². The van der Waals surface area contributed by atoms with E-state index in [1.54, 1.807) is 37.5 Å². The van der Waals surface area contributed by atoms with Gasteiger partial charge in [0.15, 0.2) is 0 Å². The van der Waals surface area contributed by atoms with Gasteiger partial charge in [-0.15, -0.1) is 0 Å². The minimum atomic E-state index is -3.51.